The predicted molar refractivity (Wildman–Crippen MR) is 134 cm³/mol. The fraction of sp³-hybridized carbons (Fsp3) is 0.542. The molecule has 4 rings (SSSR count). The van der Waals surface area contributed by atoms with Crippen molar-refractivity contribution in [3.8, 4) is 17.1 Å². The number of nitrogens with one attached hydrogen (secondary N) is 1. The summed E-state index contributed by atoms with van der Waals surface area (Å²) in [7, 11) is -0.0821. The second kappa shape index (κ2) is 10.1. The van der Waals surface area contributed by atoms with Gasteiger partial charge in [0.05, 0.1) is 22.8 Å². The number of hydrogen-bond acceptors (Lipinski definition) is 7. The van der Waals surface area contributed by atoms with Gasteiger partial charge in [-0.25, -0.2) is 17.9 Å². The quantitative estimate of drug-likeness (QED) is 0.503. The van der Waals surface area contributed by atoms with Gasteiger partial charge in [-0.2, -0.15) is 4.31 Å². The number of likely N-dealkylation sites (tertiary alicyclic amines) is 1. The van der Waals surface area contributed by atoms with E-state index in [0.29, 0.717) is 41.4 Å². The Morgan fingerprint density at radius 1 is 1.23 bits per heavy atom. The topological polar surface area (TPSA) is 113 Å². The molecule has 0 aliphatic carbocycles. The summed E-state index contributed by atoms with van der Waals surface area (Å²) in [6.07, 6.45) is 3.08. The number of hydrogen-bond donors (Lipinski definition) is 1. The van der Waals surface area contributed by atoms with E-state index in [-0.39, 0.29) is 22.3 Å². The first-order chi connectivity index (χ1) is 16.7. The molecule has 0 amide bonds. The van der Waals surface area contributed by atoms with E-state index in [0.717, 1.165) is 32.4 Å². The second-order valence-electron chi connectivity index (χ2n) is 9.07. The van der Waals surface area contributed by atoms with Gasteiger partial charge in [-0.05, 0) is 71.4 Å². The van der Waals surface area contributed by atoms with Crippen molar-refractivity contribution >= 4 is 15.5 Å². The second-order valence-corrected chi connectivity index (χ2v) is 11.1. The monoisotopic (exact) mass is 502 g/mol. The van der Waals surface area contributed by atoms with Gasteiger partial charge < -0.3 is 14.6 Å². The molecule has 1 fully saturated rings. The standard InChI is InChI=1S/C24H34N6O4S/c1-6-8-21-25-16(3)22-24(31)26-23(27-30(21)22)19-15-18(9-10-20(19)34-7-2)35(32,33)29(5)17-11-13-28(4)14-12-17/h9-10,15,17H,6-8,11-14H2,1-5H3,(H,26,27,31). The van der Waals surface area contributed by atoms with E-state index in [4.69, 9.17) is 4.74 Å². The number of H-pyrrole nitrogens is 1. The van der Waals surface area contributed by atoms with E-state index in [2.05, 4.69) is 20.0 Å². The first kappa shape index (κ1) is 25.3. The number of benzene rings is 1. The molecule has 10 nitrogen and oxygen atoms in total. The van der Waals surface area contributed by atoms with Crippen molar-refractivity contribution in [1.82, 2.24) is 28.8 Å². The Labute approximate surface area is 206 Å². The molecule has 0 bridgehead atoms. The van der Waals surface area contributed by atoms with Crippen LogP contribution in [0, 0.1) is 6.92 Å². The number of aromatic nitrogens is 4. The van der Waals surface area contributed by atoms with Crippen molar-refractivity contribution in [1.29, 1.82) is 0 Å². The van der Waals surface area contributed by atoms with Crippen LogP contribution in [-0.4, -0.2) is 77.0 Å². The van der Waals surface area contributed by atoms with Crippen LogP contribution in [0.2, 0.25) is 0 Å². The average molecular weight is 503 g/mol. The Morgan fingerprint density at radius 3 is 2.60 bits per heavy atom. The molecule has 0 spiro atoms. The van der Waals surface area contributed by atoms with Gasteiger partial charge in [0.2, 0.25) is 10.0 Å². The van der Waals surface area contributed by atoms with Crippen molar-refractivity contribution in [3.63, 3.8) is 0 Å². The molecular formula is C24H34N6O4S. The maximum absolute atomic E-state index is 13.6. The third kappa shape index (κ3) is 4.85. The Morgan fingerprint density at radius 2 is 1.94 bits per heavy atom. The highest BCUT2D eigenvalue weighted by atomic mass is 32.2. The average Bonchev–Trinajstić information content (AvgIpc) is 3.15. The number of piperidine rings is 1. The zero-order valence-electron chi connectivity index (χ0n) is 21.0. The fourth-order valence-electron chi connectivity index (χ4n) is 4.60. The highest BCUT2D eigenvalue weighted by Crippen LogP contribution is 2.32. The Kier molecular flexibility index (Phi) is 7.30. The first-order valence-corrected chi connectivity index (χ1v) is 13.5. The summed E-state index contributed by atoms with van der Waals surface area (Å²) in [6.45, 7) is 7.76. The smallest absolute Gasteiger partial charge is 0.277 e. The molecule has 1 saturated heterocycles. The molecule has 11 heteroatoms. The van der Waals surface area contributed by atoms with Crippen LogP contribution in [0.4, 0.5) is 0 Å². The summed E-state index contributed by atoms with van der Waals surface area (Å²) in [5, 5.41) is 4.66. The zero-order valence-corrected chi connectivity index (χ0v) is 21.9. The minimum atomic E-state index is -3.76. The van der Waals surface area contributed by atoms with Gasteiger partial charge in [0.15, 0.2) is 11.3 Å². The molecule has 190 valence electrons. The van der Waals surface area contributed by atoms with E-state index in [1.807, 2.05) is 20.9 Å². The molecule has 1 aliphatic rings. The first-order valence-electron chi connectivity index (χ1n) is 12.1. The normalized spacial score (nSPS) is 15.8. The number of aryl methyl sites for hydroxylation is 2. The van der Waals surface area contributed by atoms with Crippen LogP contribution in [-0.2, 0) is 16.4 Å². The lowest BCUT2D eigenvalue weighted by Gasteiger charge is -2.34. The molecule has 1 aromatic carbocycles. The summed E-state index contributed by atoms with van der Waals surface area (Å²) in [5.74, 6) is 1.38. The highest BCUT2D eigenvalue weighted by Gasteiger charge is 2.31. The lowest BCUT2D eigenvalue weighted by atomic mass is 10.1. The van der Waals surface area contributed by atoms with Crippen molar-refractivity contribution < 1.29 is 13.2 Å². The van der Waals surface area contributed by atoms with Gasteiger partial charge in [-0.1, -0.05) is 6.92 Å². The molecule has 3 aromatic rings. The van der Waals surface area contributed by atoms with Crippen molar-refractivity contribution in [3.05, 3.63) is 40.1 Å². The zero-order chi connectivity index (χ0) is 25.3. The predicted octanol–water partition coefficient (Wildman–Crippen LogP) is 2.46. The Bertz CT molecular complexity index is 1370. The van der Waals surface area contributed by atoms with Gasteiger partial charge in [-0.3, -0.25) is 4.79 Å². The van der Waals surface area contributed by atoms with Crippen LogP contribution in [0.15, 0.2) is 27.9 Å². The molecule has 0 radical (unpaired) electrons. The highest BCUT2D eigenvalue weighted by molar-refractivity contribution is 7.89. The number of nitrogens with zero attached hydrogens (tertiary/aromatic N) is 5. The number of aromatic amines is 1. The number of imidazole rings is 1. The van der Waals surface area contributed by atoms with Crippen LogP contribution in [0.5, 0.6) is 5.75 Å². The molecular weight excluding hydrogens is 468 g/mol. The largest absolute Gasteiger partial charge is 0.493 e. The van der Waals surface area contributed by atoms with Gasteiger partial charge in [0, 0.05) is 19.5 Å². The van der Waals surface area contributed by atoms with E-state index in [9.17, 15) is 13.2 Å². The fourth-order valence-corrected chi connectivity index (χ4v) is 6.04. The summed E-state index contributed by atoms with van der Waals surface area (Å²) < 4.78 is 35.9. The number of fused-ring (bicyclic) bond motifs is 1. The lowest BCUT2D eigenvalue weighted by molar-refractivity contribution is 0.197. The summed E-state index contributed by atoms with van der Waals surface area (Å²) in [4.78, 5) is 22.6. The van der Waals surface area contributed by atoms with Crippen LogP contribution in [0.3, 0.4) is 0 Å². The van der Waals surface area contributed by atoms with E-state index in [1.54, 1.807) is 36.7 Å². The maximum Gasteiger partial charge on any atom is 0.277 e. The SMILES string of the molecule is CCCc1nc(C)c2c(=O)[nH]c(-c3cc(S(=O)(=O)N(C)C4CCN(C)CC4)ccc3OCC)nn12. The van der Waals surface area contributed by atoms with E-state index >= 15 is 0 Å². The molecule has 2 aromatic heterocycles. The summed E-state index contributed by atoms with van der Waals surface area (Å²) in [5.41, 5.74) is 1.08. The van der Waals surface area contributed by atoms with Crippen LogP contribution >= 0.6 is 0 Å². The molecule has 1 N–H and O–H groups in total. The van der Waals surface area contributed by atoms with Crippen LogP contribution < -0.4 is 10.3 Å². The lowest BCUT2D eigenvalue weighted by Crippen LogP contribution is -2.44. The van der Waals surface area contributed by atoms with E-state index in [1.165, 1.54) is 4.31 Å². The third-order valence-corrected chi connectivity index (χ3v) is 8.51. The van der Waals surface area contributed by atoms with Crippen LogP contribution in [0.25, 0.3) is 16.9 Å². The van der Waals surface area contributed by atoms with Gasteiger partial charge >= 0.3 is 0 Å². The number of sulfonamides is 1. The van der Waals surface area contributed by atoms with Crippen molar-refractivity contribution in [2.45, 2.75) is 57.4 Å². The van der Waals surface area contributed by atoms with Crippen LogP contribution in [0.1, 0.15) is 44.6 Å². The number of rotatable bonds is 8. The summed E-state index contributed by atoms with van der Waals surface area (Å²) in [6, 6.07) is 4.66. The van der Waals surface area contributed by atoms with E-state index < -0.39 is 10.0 Å². The molecule has 0 unspecified atom stereocenters. The Balaban J connectivity index is 1.81. The summed E-state index contributed by atoms with van der Waals surface area (Å²) >= 11 is 0. The minimum absolute atomic E-state index is 0.0639. The van der Waals surface area contributed by atoms with Gasteiger partial charge in [-0.15, -0.1) is 5.10 Å². The van der Waals surface area contributed by atoms with Gasteiger partial charge in [0.25, 0.3) is 5.56 Å². The molecule has 0 atom stereocenters. The van der Waals surface area contributed by atoms with Gasteiger partial charge in [0.1, 0.15) is 11.6 Å². The molecule has 3 heterocycles. The minimum Gasteiger partial charge on any atom is -0.493 e. The third-order valence-electron chi connectivity index (χ3n) is 6.60. The molecule has 35 heavy (non-hydrogen) atoms. The van der Waals surface area contributed by atoms with Crippen molar-refractivity contribution in [2.24, 2.45) is 0 Å². The molecule has 1 aliphatic heterocycles. The molecule has 0 saturated carbocycles. The maximum atomic E-state index is 13.6. The number of ether oxygens (including phenoxy) is 1. The Hall–Kier alpha value is -2.76. The van der Waals surface area contributed by atoms with Crippen molar-refractivity contribution in [2.75, 3.05) is 33.8 Å².